The van der Waals surface area contributed by atoms with Crippen molar-refractivity contribution in [3.63, 3.8) is 0 Å². The number of benzene rings is 2. The van der Waals surface area contributed by atoms with E-state index in [0.29, 0.717) is 41.9 Å². The number of carbonyl (C=O) groups excluding carboxylic acids is 2. The van der Waals surface area contributed by atoms with Crippen molar-refractivity contribution in [3.05, 3.63) is 59.4 Å². The van der Waals surface area contributed by atoms with Gasteiger partial charge < -0.3 is 15.4 Å². The number of hydrogen-bond acceptors (Lipinski definition) is 5. The normalized spacial score (nSPS) is 24.3. The third-order valence-electron chi connectivity index (χ3n) is 7.89. The standard InChI is InChI=1S/C29H32FN3O3/c30-26-16-21(19-1-3-20(4-2-19)29(35)33-24-9-11-36-12-10-24)5-6-22(26)13-18(17-31)14-27(34)28-23-7-8-25(15-23)32-28/h1-6,16,18,23-25,28,32H,7-15H2,(H,33,35)/t18-,23+,25-,28+/m1/s1. The van der Waals surface area contributed by atoms with Gasteiger partial charge in [-0.2, -0.15) is 5.26 Å². The van der Waals surface area contributed by atoms with Gasteiger partial charge in [-0.3, -0.25) is 9.59 Å². The molecule has 1 saturated carbocycles. The van der Waals surface area contributed by atoms with E-state index in [4.69, 9.17) is 4.74 Å². The predicted octanol–water partition coefficient (Wildman–Crippen LogP) is 4.18. The van der Waals surface area contributed by atoms with Crippen LogP contribution in [0.2, 0.25) is 0 Å². The van der Waals surface area contributed by atoms with E-state index in [1.54, 1.807) is 18.2 Å². The number of nitrogens with one attached hydrogen (secondary N) is 2. The van der Waals surface area contributed by atoms with Crippen molar-refractivity contribution in [2.45, 2.75) is 63.1 Å². The van der Waals surface area contributed by atoms with E-state index in [0.717, 1.165) is 37.7 Å². The smallest absolute Gasteiger partial charge is 0.251 e. The van der Waals surface area contributed by atoms with E-state index >= 15 is 0 Å². The Morgan fingerprint density at radius 2 is 1.83 bits per heavy atom. The van der Waals surface area contributed by atoms with E-state index < -0.39 is 5.92 Å². The molecule has 5 rings (SSSR count). The van der Waals surface area contributed by atoms with Crippen molar-refractivity contribution in [1.29, 1.82) is 5.26 Å². The molecule has 2 bridgehead atoms. The largest absolute Gasteiger partial charge is 0.381 e. The van der Waals surface area contributed by atoms with Gasteiger partial charge in [0, 0.05) is 37.3 Å². The molecule has 2 aromatic carbocycles. The van der Waals surface area contributed by atoms with Crippen LogP contribution >= 0.6 is 0 Å². The van der Waals surface area contributed by atoms with Crippen molar-refractivity contribution in [2.75, 3.05) is 13.2 Å². The van der Waals surface area contributed by atoms with Gasteiger partial charge in [0.05, 0.1) is 18.0 Å². The number of ketones is 1. The molecule has 2 aliphatic heterocycles. The fourth-order valence-corrected chi connectivity index (χ4v) is 5.83. The van der Waals surface area contributed by atoms with Gasteiger partial charge in [0.25, 0.3) is 5.91 Å². The van der Waals surface area contributed by atoms with Gasteiger partial charge in [-0.05, 0) is 79.3 Å². The summed E-state index contributed by atoms with van der Waals surface area (Å²) in [4.78, 5) is 25.3. The molecule has 6 nitrogen and oxygen atoms in total. The molecule has 4 atom stereocenters. The van der Waals surface area contributed by atoms with Crippen molar-refractivity contribution >= 4 is 11.7 Å². The van der Waals surface area contributed by atoms with Crippen LogP contribution in [0.5, 0.6) is 0 Å². The predicted molar refractivity (Wildman–Crippen MR) is 134 cm³/mol. The maximum absolute atomic E-state index is 15.0. The third-order valence-corrected chi connectivity index (χ3v) is 7.89. The van der Waals surface area contributed by atoms with Crippen LogP contribution in [0.3, 0.4) is 0 Å². The number of Topliss-reactive ketones (excluding diaryl/α,β-unsaturated/α-hetero) is 1. The Morgan fingerprint density at radius 3 is 2.47 bits per heavy atom. The van der Waals surface area contributed by atoms with Crippen LogP contribution in [-0.4, -0.2) is 43.0 Å². The van der Waals surface area contributed by atoms with E-state index in [9.17, 15) is 19.2 Å². The Hall–Kier alpha value is -3.08. The van der Waals surface area contributed by atoms with Crippen LogP contribution < -0.4 is 10.6 Å². The molecule has 36 heavy (non-hydrogen) atoms. The van der Waals surface area contributed by atoms with Crippen LogP contribution in [0.4, 0.5) is 4.39 Å². The van der Waals surface area contributed by atoms with Crippen LogP contribution in [-0.2, 0) is 16.0 Å². The average Bonchev–Trinajstić information content (AvgIpc) is 3.54. The van der Waals surface area contributed by atoms with Crippen molar-refractivity contribution in [2.24, 2.45) is 11.8 Å². The van der Waals surface area contributed by atoms with Crippen LogP contribution in [0.25, 0.3) is 11.1 Å². The molecule has 1 aliphatic carbocycles. The number of carbonyl (C=O) groups is 2. The molecule has 0 aromatic heterocycles. The monoisotopic (exact) mass is 489 g/mol. The van der Waals surface area contributed by atoms with E-state index in [1.165, 1.54) is 6.07 Å². The molecule has 3 fully saturated rings. The summed E-state index contributed by atoms with van der Waals surface area (Å²) in [5.41, 5.74) is 2.50. The number of halogens is 1. The number of nitriles is 1. The number of rotatable bonds is 8. The number of fused-ring (bicyclic) bond motifs is 2. The van der Waals surface area contributed by atoms with Gasteiger partial charge in [-0.1, -0.05) is 24.3 Å². The van der Waals surface area contributed by atoms with Crippen LogP contribution in [0.15, 0.2) is 42.5 Å². The molecule has 2 saturated heterocycles. The van der Waals surface area contributed by atoms with Gasteiger partial charge in [0.1, 0.15) is 5.82 Å². The lowest BCUT2D eigenvalue weighted by atomic mass is 9.88. The molecule has 188 valence electrons. The number of nitrogens with zero attached hydrogens (tertiary/aromatic N) is 1. The number of amides is 1. The molecule has 2 N–H and O–H groups in total. The first kappa shape index (κ1) is 24.6. The molecule has 2 heterocycles. The molecular formula is C29H32FN3O3. The second-order valence-electron chi connectivity index (χ2n) is 10.4. The fourth-order valence-electron chi connectivity index (χ4n) is 5.83. The number of hydrogen-bond donors (Lipinski definition) is 2. The van der Waals surface area contributed by atoms with Crippen molar-refractivity contribution < 1.29 is 18.7 Å². The first-order chi connectivity index (χ1) is 17.5. The Kier molecular flexibility index (Phi) is 7.45. The average molecular weight is 490 g/mol. The van der Waals surface area contributed by atoms with Gasteiger partial charge in [-0.25, -0.2) is 4.39 Å². The number of piperidine rings is 1. The third kappa shape index (κ3) is 5.50. The zero-order valence-electron chi connectivity index (χ0n) is 20.3. The quantitative estimate of drug-likeness (QED) is 0.581. The molecule has 0 spiro atoms. The zero-order chi connectivity index (χ0) is 25.1. The Labute approximate surface area is 211 Å². The van der Waals surface area contributed by atoms with E-state index in [1.807, 2.05) is 18.2 Å². The highest BCUT2D eigenvalue weighted by Gasteiger charge is 2.42. The molecule has 2 aromatic rings. The molecular weight excluding hydrogens is 457 g/mol. The summed E-state index contributed by atoms with van der Waals surface area (Å²) in [5, 5.41) is 16.1. The lowest BCUT2D eigenvalue weighted by Crippen LogP contribution is -2.42. The molecule has 0 radical (unpaired) electrons. The van der Waals surface area contributed by atoms with Crippen molar-refractivity contribution in [1.82, 2.24) is 10.6 Å². The van der Waals surface area contributed by atoms with E-state index in [-0.39, 0.29) is 42.4 Å². The Balaban J connectivity index is 1.19. The maximum atomic E-state index is 15.0. The summed E-state index contributed by atoms with van der Waals surface area (Å²) in [6.45, 7) is 1.32. The molecule has 1 amide bonds. The van der Waals surface area contributed by atoms with E-state index in [2.05, 4.69) is 16.7 Å². The summed E-state index contributed by atoms with van der Waals surface area (Å²) in [6.07, 6.45) is 5.23. The second-order valence-corrected chi connectivity index (χ2v) is 10.4. The summed E-state index contributed by atoms with van der Waals surface area (Å²) in [7, 11) is 0. The summed E-state index contributed by atoms with van der Waals surface area (Å²) in [6, 6.07) is 14.7. The molecule has 0 unspecified atom stereocenters. The highest BCUT2D eigenvalue weighted by Crippen LogP contribution is 2.36. The highest BCUT2D eigenvalue weighted by atomic mass is 19.1. The van der Waals surface area contributed by atoms with Crippen LogP contribution in [0.1, 0.15) is 54.4 Å². The van der Waals surface area contributed by atoms with Gasteiger partial charge in [0.15, 0.2) is 5.78 Å². The second kappa shape index (κ2) is 10.9. The Bertz CT molecular complexity index is 1150. The zero-order valence-corrected chi connectivity index (χ0v) is 20.3. The summed E-state index contributed by atoms with van der Waals surface area (Å²) in [5.74, 6) is -0.594. The van der Waals surface area contributed by atoms with Gasteiger partial charge >= 0.3 is 0 Å². The molecule has 7 heteroatoms. The fraction of sp³-hybridized carbons (Fsp3) is 0.483. The first-order valence-corrected chi connectivity index (χ1v) is 13.0. The topological polar surface area (TPSA) is 91.2 Å². The van der Waals surface area contributed by atoms with Gasteiger partial charge in [-0.15, -0.1) is 0 Å². The minimum Gasteiger partial charge on any atom is -0.381 e. The Morgan fingerprint density at radius 1 is 1.08 bits per heavy atom. The SMILES string of the molecule is N#C[C@@H](CC(=O)[C@H]1N[C@@H]2CC[C@H]1C2)Cc1ccc(-c2ccc(C(=O)NC3CCOCC3)cc2)cc1F. The highest BCUT2D eigenvalue weighted by molar-refractivity contribution is 5.94. The maximum Gasteiger partial charge on any atom is 0.251 e. The molecule has 3 aliphatic rings. The number of ether oxygens (including phenoxy) is 1. The minimum absolute atomic E-state index is 0.0757. The van der Waals surface area contributed by atoms with Gasteiger partial charge in [0.2, 0.25) is 0 Å². The van der Waals surface area contributed by atoms with Crippen molar-refractivity contribution in [3.8, 4) is 17.2 Å². The minimum atomic E-state index is -0.549. The van der Waals surface area contributed by atoms with Crippen LogP contribution in [0, 0.1) is 29.0 Å². The lowest BCUT2D eigenvalue weighted by molar-refractivity contribution is -0.122. The summed E-state index contributed by atoms with van der Waals surface area (Å²) < 4.78 is 20.3. The lowest BCUT2D eigenvalue weighted by Gasteiger charge is -2.23. The first-order valence-electron chi connectivity index (χ1n) is 13.0. The summed E-state index contributed by atoms with van der Waals surface area (Å²) >= 11 is 0.